The number of fused-ring (bicyclic) bond motifs is 3. The lowest BCUT2D eigenvalue weighted by Gasteiger charge is -2.32. The van der Waals surface area contributed by atoms with Crippen LogP contribution < -0.4 is 4.65 Å². The maximum Gasteiger partial charge on any atom is 0.526 e. The van der Waals surface area contributed by atoms with Crippen LogP contribution in [0.25, 0.3) is 0 Å². The first-order valence-corrected chi connectivity index (χ1v) is 9.82. The fourth-order valence-corrected chi connectivity index (χ4v) is 4.83. The van der Waals surface area contributed by atoms with Gasteiger partial charge in [-0.15, -0.1) is 11.8 Å². The second-order valence-corrected chi connectivity index (χ2v) is 8.31. The average molecular weight is 362 g/mol. The molecule has 3 aliphatic rings. The van der Waals surface area contributed by atoms with Gasteiger partial charge >= 0.3 is 13.1 Å². The van der Waals surface area contributed by atoms with E-state index in [1.54, 1.807) is 11.8 Å². The number of rotatable bonds is 5. The molecule has 0 spiro atoms. The van der Waals surface area contributed by atoms with Crippen LogP contribution >= 0.6 is 11.8 Å². The lowest BCUT2D eigenvalue weighted by Crippen LogP contribution is -2.45. The summed E-state index contributed by atoms with van der Waals surface area (Å²) in [6, 6.07) is 3.89. The molecule has 2 aliphatic heterocycles. The Kier molecular flexibility index (Phi) is 4.70. The van der Waals surface area contributed by atoms with Crippen LogP contribution in [0.1, 0.15) is 28.3 Å². The molecule has 0 aromatic heterocycles. The fraction of sp³-hybridized carbons (Fsp3) is 0.588. The smallest absolute Gasteiger partial charge is 0.526 e. The van der Waals surface area contributed by atoms with Gasteiger partial charge in [0.05, 0.1) is 0 Å². The summed E-state index contributed by atoms with van der Waals surface area (Å²) in [6.07, 6.45) is 0.878. The fourth-order valence-electron chi connectivity index (χ4n) is 3.77. The van der Waals surface area contributed by atoms with E-state index in [0.29, 0.717) is 5.75 Å². The molecule has 2 N–H and O–H groups in total. The van der Waals surface area contributed by atoms with Crippen molar-refractivity contribution in [1.29, 1.82) is 0 Å². The summed E-state index contributed by atoms with van der Waals surface area (Å²) < 4.78 is 5.57. The van der Waals surface area contributed by atoms with E-state index in [-0.39, 0.29) is 17.3 Å². The van der Waals surface area contributed by atoms with Crippen LogP contribution in [0.5, 0.6) is 5.75 Å². The number of hydrogen-bond donors (Lipinski definition) is 2. The third-order valence-corrected chi connectivity index (χ3v) is 6.51. The molecular weight excluding hydrogens is 339 g/mol. The van der Waals surface area contributed by atoms with E-state index in [2.05, 4.69) is 16.8 Å². The van der Waals surface area contributed by atoms with Crippen molar-refractivity contribution in [2.75, 3.05) is 45.5 Å². The van der Waals surface area contributed by atoms with E-state index < -0.39 is 13.1 Å². The SMILES string of the molecule is CN1CCN(CCSc2ccc3c(c2C(=O)O)OB(O)C2CC32)CC1. The summed E-state index contributed by atoms with van der Waals surface area (Å²) in [7, 11) is 1.26. The number of hydrogen-bond acceptors (Lipinski definition) is 6. The Morgan fingerprint density at radius 2 is 2.12 bits per heavy atom. The van der Waals surface area contributed by atoms with E-state index >= 15 is 0 Å². The van der Waals surface area contributed by atoms with E-state index in [1.165, 1.54) is 0 Å². The van der Waals surface area contributed by atoms with Crippen LogP contribution in [-0.4, -0.2) is 78.5 Å². The highest BCUT2D eigenvalue weighted by atomic mass is 32.2. The highest BCUT2D eigenvalue weighted by Crippen LogP contribution is 2.60. The molecule has 134 valence electrons. The number of piperazine rings is 1. The Labute approximate surface area is 152 Å². The first kappa shape index (κ1) is 17.2. The van der Waals surface area contributed by atoms with Crippen LogP contribution in [0.4, 0.5) is 0 Å². The molecule has 2 unspecified atom stereocenters. The maximum absolute atomic E-state index is 11.8. The third kappa shape index (κ3) is 3.40. The van der Waals surface area contributed by atoms with Gasteiger partial charge in [0.2, 0.25) is 0 Å². The molecular formula is C17H23BN2O4S. The zero-order chi connectivity index (χ0) is 17.6. The molecule has 25 heavy (non-hydrogen) atoms. The summed E-state index contributed by atoms with van der Waals surface area (Å²) in [5.74, 6) is 0.622. The summed E-state index contributed by atoms with van der Waals surface area (Å²) in [4.78, 5) is 17.3. The van der Waals surface area contributed by atoms with Gasteiger partial charge in [-0.2, -0.15) is 0 Å². The molecule has 1 aliphatic carbocycles. The Bertz CT molecular complexity index is 681. The van der Waals surface area contributed by atoms with Crippen molar-refractivity contribution in [1.82, 2.24) is 9.80 Å². The van der Waals surface area contributed by atoms with Crippen molar-refractivity contribution in [3.05, 3.63) is 23.3 Å². The van der Waals surface area contributed by atoms with E-state index in [9.17, 15) is 14.9 Å². The predicted molar refractivity (Wildman–Crippen MR) is 97.8 cm³/mol. The first-order chi connectivity index (χ1) is 12.0. The monoisotopic (exact) mass is 362 g/mol. The second kappa shape index (κ2) is 6.83. The quantitative estimate of drug-likeness (QED) is 0.607. The van der Waals surface area contributed by atoms with E-state index in [4.69, 9.17) is 4.65 Å². The van der Waals surface area contributed by atoms with Crippen molar-refractivity contribution >= 4 is 24.8 Å². The number of benzene rings is 1. The zero-order valence-electron chi connectivity index (χ0n) is 14.4. The average Bonchev–Trinajstić information content (AvgIpc) is 3.37. The molecule has 0 radical (unpaired) electrons. The van der Waals surface area contributed by atoms with Gasteiger partial charge < -0.3 is 19.7 Å². The Hall–Kier alpha value is -1.22. The van der Waals surface area contributed by atoms with Crippen molar-refractivity contribution in [2.45, 2.75) is 23.1 Å². The van der Waals surface area contributed by atoms with Gasteiger partial charge in [-0.05, 0) is 31.0 Å². The molecule has 2 heterocycles. The lowest BCUT2D eigenvalue weighted by molar-refractivity contribution is 0.0690. The van der Waals surface area contributed by atoms with Gasteiger partial charge in [-0.25, -0.2) is 4.79 Å². The molecule has 1 aromatic rings. The molecule has 4 rings (SSSR count). The number of likely N-dealkylation sites (N-methyl/N-ethyl adjacent to an activating group) is 1. The van der Waals surface area contributed by atoms with Gasteiger partial charge in [0.1, 0.15) is 11.3 Å². The van der Waals surface area contributed by atoms with Crippen molar-refractivity contribution in [3.8, 4) is 5.75 Å². The highest BCUT2D eigenvalue weighted by Gasteiger charge is 2.54. The van der Waals surface area contributed by atoms with Gasteiger partial charge in [-0.1, -0.05) is 6.07 Å². The molecule has 0 amide bonds. The zero-order valence-corrected chi connectivity index (χ0v) is 15.2. The minimum absolute atomic E-state index is 0.130. The number of thioether (sulfide) groups is 1. The van der Waals surface area contributed by atoms with Gasteiger partial charge in [-0.3, -0.25) is 4.90 Å². The maximum atomic E-state index is 11.8. The normalized spacial score (nSPS) is 25.9. The number of nitrogens with zero attached hydrogens (tertiary/aromatic N) is 2. The van der Waals surface area contributed by atoms with Crippen molar-refractivity contribution in [2.24, 2.45) is 0 Å². The van der Waals surface area contributed by atoms with E-state index in [1.807, 2.05) is 12.1 Å². The molecule has 2 atom stereocenters. The van der Waals surface area contributed by atoms with Crippen LogP contribution in [0.15, 0.2) is 17.0 Å². The Morgan fingerprint density at radius 3 is 2.84 bits per heavy atom. The lowest BCUT2D eigenvalue weighted by atomic mass is 9.77. The molecule has 1 aromatic carbocycles. The molecule has 0 bridgehead atoms. The molecule has 8 heteroatoms. The Morgan fingerprint density at radius 1 is 1.36 bits per heavy atom. The molecule has 1 saturated heterocycles. The Balaban J connectivity index is 1.46. The second-order valence-electron chi connectivity index (χ2n) is 7.17. The third-order valence-electron chi connectivity index (χ3n) is 5.47. The van der Waals surface area contributed by atoms with Gasteiger partial charge in [0.25, 0.3) is 0 Å². The largest absolute Gasteiger partial charge is 0.535 e. The standard InChI is InChI=1S/C17H23BN2O4S/c1-19-4-6-20(7-5-19)8-9-25-14-3-2-11-12-10-13(12)18(23)24-16(11)15(14)17(21)22/h2-3,12-13,23H,4-10H2,1H3,(H,21,22). The summed E-state index contributed by atoms with van der Waals surface area (Å²) in [6.45, 7) is 5.23. The van der Waals surface area contributed by atoms with Crippen molar-refractivity contribution < 1.29 is 19.6 Å². The minimum Gasteiger partial charge on any atom is -0.535 e. The topological polar surface area (TPSA) is 73.2 Å². The number of carbonyl (C=O) groups is 1. The summed E-state index contributed by atoms with van der Waals surface area (Å²) in [5, 5.41) is 19.7. The first-order valence-electron chi connectivity index (χ1n) is 8.83. The van der Waals surface area contributed by atoms with Crippen LogP contribution in [-0.2, 0) is 0 Å². The van der Waals surface area contributed by atoms with Gasteiger partial charge in [0.15, 0.2) is 0 Å². The molecule has 6 nitrogen and oxygen atoms in total. The van der Waals surface area contributed by atoms with Crippen LogP contribution in [0.3, 0.4) is 0 Å². The molecule has 1 saturated carbocycles. The van der Waals surface area contributed by atoms with Crippen LogP contribution in [0.2, 0.25) is 5.82 Å². The number of carboxylic acid groups (broad SMARTS) is 1. The predicted octanol–water partition coefficient (Wildman–Crippen LogP) is 1.45. The summed E-state index contributed by atoms with van der Waals surface area (Å²) >= 11 is 1.56. The summed E-state index contributed by atoms with van der Waals surface area (Å²) in [5.41, 5.74) is 1.15. The van der Waals surface area contributed by atoms with Crippen LogP contribution in [0, 0.1) is 0 Å². The molecule has 2 fully saturated rings. The number of carboxylic acids is 1. The minimum atomic E-state index is -0.981. The highest BCUT2D eigenvalue weighted by molar-refractivity contribution is 7.99. The number of aromatic carboxylic acids is 1. The van der Waals surface area contributed by atoms with Gasteiger partial charge in [0, 0.05) is 49.2 Å². The van der Waals surface area contributed by atoms with Crippen molar-refractivity contribution in [3.63, 3.8) is 0 Å². The van der Waals surface area contributed by atoms with E-state index in [0.717, 1.165) is 55.4 Å².